The van der Waals surface area contributed by atoms with Crippen LogP contribution < -0.4 is 4.74 Å². The Labute approximate surface area is 132 Å². The molecule has 0 spiro atoms. The third-order valence-corrected chi connectivity index (χ3v) is 3.17. The fraction of sp³-hybridized carbons (Fsp3) is 0.250. The molecule has 0 aliphatic carbocycles. The monoisotopic (exact) mass is 322 g/mol. The zero-order valence-electron chi connectivity index (χ0n) is 12.5. The molecule has 0 N–H and O–H groups in total. The van der Waals surface area contributed by atoms with Crippen molar-refractivity contribution in [3.05, 3.63) is 69.8 Å². The second kappa shape index (κ2) is 7.64. The molecule has 0 aromatic heterocycles. The molecule has 0 saturated carbocycles. The van der Waals surface area contributed by atoms with E-state index in [-0.39, 0.29) is 11.4 Å². The van der Waals surface area contributed by atoms with Crippen molar-refractivity contribution in [2.75, 3.05) is 7.05 Å². The Morgan fingerprint density at radius 3 is 2.39 bits per heavy atom. The predicted molar refractivity (Wildman–Crippen MR) is 81.3 cm³/mol. The number of rotatable bonds is 7. The summed E-state index contributed by atoms with van der Waals surface area (Å²) in [7, 11) is 1.88. The standard InChI is InChI=1S/C16H16F2N2O3/c1-19(11-13-3-2-4-14(9-13)20(21)22)10-12-5-7-15(8-6-12)23-16(17)18/h2-9,16H,10-11H2,1H3. The highest BCUT2D eigenvalue weighted by molar-refractivity contribution is 5.34. The zero-order valence-corrected chi connectivity index (χ0v) is 12.5. The first-order valence-electron chi connectivity index (χ1n) is 6.89. The van der Waals surface area contributed by atoms with Gasteiger partial charge in [0, 0.05) is 25.2 Å². The molecule has 5 nitrogen and oxygen atoms in total. The van der Waals surface area contributed by atoms with E-state index in [4.69, 9.17) is 0 Å². The topological polar surface area (TPSA) is 55.6 Å². The van der Waals surface area contributed by atoms with Gasteiger partial charge in [-0.3, -0.25) is 15.0 Å². The first kappa shape index (κ1) is 16.8. The van der Waals surface area contributed by atoms with Crippen molar-refractivity contribution in [1.29, 1.82) is 0 Å². The summed E-state index contributed by atoms with van der Waals surface area (Å²) in [4.78, 5) is 12.3. The summed E-state index contributed by atoms with van der Waals surface area (Å²) < 4.78 is 28.5. The average molecular weight is 322 g/mol. The number of hydrogen-bond donors (Lipinski definition) is 0. The molecule has 0 fully saturated rings. The number of benzene rings is 2. The van der Waals surface area contributed by atoms with E-state index in [1.54, 1.807) is 18.2 Å². The summed E-state index contributed by atoms with van der Waals surface area (Å²) in [6.07, 6.45) is 0. The number of ether oxygens (including phenoxy) is 1. The maximum absolute atomic E-state index is 12.1. The number of non-ortho nitro benzene ring substituents is 1. The van der Waals surface area contributed by atoms with Crippen LogP contribution >= 0.6 is 0 Å². The normalized spacial score (nSPS) is 11.0. The Hall–Kier alpha value is -2.54. The molecule has 23 heavy (non-hydrogen) atoms. The molecule has 0 unspecified atom stereocenters. The predicted octanol–water partition coefficient (Wildman–Crippen LogP) is 3.83. The highest BCUT2D eigenvalue weighted by Crippen LogP contribution is 2.18. The quantitative estimate of drug-likeness (QED) is 0.574. The van der Waals surface area contributed by atoms with Gasteiger partial charge in [-0.15, -0.1) is 0 Å². The van der Waals surface area contributed by atoms with Crippen molar-refractivity contribution < 1.29 is 18.4 Å². The Balaban J connectivity index is 1.95. The van der Waals surface area contributed by atoms with Crippen molar-refractivity contribution in [1.82, 2.24) is 4.90 Å². The van der Waals surface area contributed by atoms with Crippen LogP contribution in [0.2, 0.25) is 0 Å². The number of nitro groups is 1. The fourth-order valence-electron chi connectivity index (χ4n) is 2.22. The van der Waals surface area contributed by atoms with Crippen LogP contribution in [0, 0.1) is 10.1 Å². The van der Waals surface area contributed by atoms with Crippen LogP contribution in [0.15, 0.2) is 48.5 Å². The van der Waals surface area contributed by atoms with Crippen LogP contribution in [0.5, 0.6) is 5.75 Å². The average Bonchev–Trinajstić information content (AvgIpc) is 2.49. The van der Waals surface area contributed by atoms with E-state index in [9.17, 15) is 18.9 Å². The third kappa shape index (κ3) is 5.30. The second-order valence-corrected chi connectivity index (χ2v) is 5.12. The van der Waals surface area contributed by atoms with Crippen molar-refractivity contribution >= 4 is 5.69 Å². The summed E-state index contributed by atoms with van der Waals surface area (Å²) in [5, 5.41) is 10.8. The van der Waals surface area contributed by atoms with Crippen molar-refractivity contribution in [2.24, 2.45) is 0 Å². The molecular weight excluding hydrogens is 306 g/mol. The number of nitro benzene ring substituents is 1. The zero-order chi connectivity index (χ0) is 16.8. The number of alkyl halides is 2. The summed E-state index contributed by atoms with van der Waals surface area (Å²) in [6, 6.07) is 12.9. The van der Waals surface area contributed by atoms with Gasteiger partial charge < -0.3 is 4.74 Å². The number of hydrogen-bond acceptors (Lipinski definition) is 4. The van der Waals surface area contributed by atoms with E-state index in [1.807, 2.05) is 18.0 Å². The first-order valence-corrected chi connectivity index (χ1v) is 6.89. The minimum atomic E-state index is -2.84. The van der Waals surface area contributed by atoms with E-state index < -0.39 is 11.5 Å². The highest BCUT2D eigenvalue weighted by atomic mass is 19.3. The lowest BCUT2D eigenvalue weighted by molar-refractivity contribution is -0.384. The molecule has 0 radical (unpaired) electrons. The lowest BCUT2D eigenvalue weighted by Crippen LogP contribution is -2.17. The van der Waals surface area contributed by atoms with Crippen LogP contribution in [0.1, 0.15) is 11.1 Å². The minimum absolute atomic E-state index is 0.0596. The Bertz CT molecular complexity index is 663. The van der Waals surface area contributed by atoms with Gasteiger partial charge in [-0.25, -0.2) is 0 Å². The van der Waals surface area contributed by atoms with E-state index in [0.717, 1.165) is 11.1 Å². The van der Waals surface area contributed by atoms with Gasteiger partial charge in [0.2, 0.25) is 0 Å². The van der Waals surface area contributed by atoms with Crippen molar-refractivity contribution in [2.45, 2.75) is 19.7 Å². The van der Waals surface area contributed by atoms with Crippen LogP contribution in [-0.4, -0.2) is 23.5 Å². The molecule has 0 aliphatic rings. The molecule has 2 aromatic rings. The number of nitrogens with zero attached hydrogens (tertiary/aromatic N) is 2. The molecule has 0 heterocycles. The molecule has 0 atom stereocenters. The van der Waals surface area contributed by atoms with Gasteiger partial charge in [-0.2, -0.15) is 8.78 Å². The van der Waals surface area contributed by atoms with Crippen molar-refractivity contribution in [3.63, 3.8) is 0 Å². The molecule has 2 aromatic carbocycles. The first-order chi connectivity index (χ1) is 10.9. The van der Waals surface area contributed by atoms with Gasteiger partial charge in [0.1, 0.15) is 5.75 Å². The summed E-state index contributed by atoms with van der Waals surface area (Å²) in [6.45, 7) is -1.72. The molecule has 0 saturated heterocycles. The molecule has 0 bridgehead atoms. The molecule has 0 amide bonds. The smallest absolute Gasteiger partial charge is 0.387 e. The van der Waals surface area contributed by atoms with Crippen LogP contribution in [-0.2, 0) is 13.1 Å². The Kier molecular flexibility index (Phi) is 5.59. The lowest BCUT2D eigenvalue weighted by Gasteiger charge is -2.17. The maximum atomic E-state index is 12.1. The minimum Gasteiger partial charge on any atom is -0.435 e. The molecule has 122 valence electrons. The molecule has 7 heteroatoms. The second-order valence-electron chi connectivity index (χ2n) is 5.12. The molecule has 0 aliphatic heterocycles. The SMILES string of the molecule is CN(Cc1ccc(OC(F)F)cc1)Cc1cccc([N+](=O)[O-])c1. The van der Waals surface area contributed by atoms with Crippen LogP contribution in [0.25, 0.3) is 0 Å². The highest BCUT2D eigenvalue weighted by Gasteiger charge is 2.08. The third-order valence-electron chi connectivity index (χ3n) is 3.17. The van der Waals surface area contributed by atoms with E-state index >= 15 is 0 Å². The van der Waals surface area contributed by atoms with Crippen molar-refractivity contribution in [3.8, 4) is 5.75 Å². The maximum Gasteiger partial charge on any atom is 0.387 e. The van der Waals surface area contributed by atoms with Gasteiger partial charge in [0.25, 0.3) is 5.69 Å². The largest absolute Gasteiger partial charge is 0.435 e. The Morgan fingerprint density at radius 1 is 1.13 bits per heavy atom. The molecular formula is C16H16F2N2O3. The van der Waals surface area contributed by atoms with Gasteiger partial charge in [0.15, 0.2) is 0 Å². The van der Waals surface area contributed by atoms with Crippen LogP contribution in [0.4, 0.5) is 14.5 Å². The van der Waals surface area contributed by atoms with Gasteiger partial charge in [-0.1, -0.05) is 24.3 Å². The van der Waals surface area contributed by atoms with Crippen LogP contribution in [0.3, 0.4) is 0 Å². The molecule has 2 rings (SSSR count). The van der Waals surface area contributed by atoms with E-state index in [0.29, 0.717) is 13.1 Å². The summed E-state index contributed by atoms with van der Waals surface area (Å²) >= 11 is 0. The van der Waals surface area contributed by atoms with E-state index in [1.165, 1.54) is 24.3 Å². The Morgan fingerprint density at radius 2 is 1.78 bits per heavy atom. The fourth-order valence-corrected chi connectivity index (χ4v) is 2.22. The lowest BCUT2D eigenvalue weighted by atomic mass is 10.1. The summed E-state index contributed by atoms with van der Waals surface area (Å²) in [5.41, 5.74) is 1.82. The number of halogens is 2. The van der Waals surface area contributed by atoms with E-state index in [2.05, 4.69) is 4.74 Å². The van der Waals surface area contributed by atoms with Gasteiger partial charge >= 0.3 is 6.61 Å². The van der Waals surface area contributed by atoms with Gasteiger partial charge in [-0.05, 0) is 30.3 Å². The van der Waals surface area contributed by atoms with Gasteiger partial charge in [0.05, 0.1) is 4.92 Å². The summed E-state index contributed by atoms with van der Waals surface area (Å²) in [5.74, 6) is 0.116.